The fourth-order valence-corrected chi connectivity index (χ4v) is 1.93. The van der Waals surface area contributed by atoms with Crippen molar-refractivity contribution in [2.24, 2.45) is 0 Å². The van der Waals surface area contributed by atoms with E-state index >= 15 is 0 Å². The maximum Gasteiger partial charge on any atom is 0.236 e. The van der Waals surface area contributed by atoms with Gasteiger partial charge in [-0.05, 0) is 19.8 Å². The highest BCUT2D eigenvalue weighted by atomic mass is 79.9. The first-order valence-corrected chi connectivity index (χ1v) is 5.60. The average Bonchev–Trinajstić information content (AvgIpc) is 2.42. The number of hydrogen-bond donors (Lipinski definition) is 1. The molecule has 76 valence electrons. The van der Waals surface area contributed by atoms with Crippen molar-refractivity contribution in [3.63, 3.8) is 0 Å². The smallest absolute Gasteiger partial charge is 0.236 e. The Balaban J connectivity index is 2.57. The molecule has 1 N–H and O–H groups in total. The van der Waals surface area contributed by atoms with Gasteiger partial charge in [-0.3, -0.25) is 4.79 Å². The summed E-state index contributed by atoms with van der Waals surface area (Å²) in [5.41, 5.74) is 0. The zero-order valence-electron chi connectivity index (χ0n) is 8.03. The molecule has 3 unspecified atom stereocenters. The van der Waals surface area contributed by atoms with Crippen LogP contribution >= 0.6 is 15.9 Å². The first-order chi connectivity index (χ1) is 6.06. The number of hydrogen-bond acceptors (Lipinski definition) is 2. The van der Waals surface area contributed by atoms with Gasteiger partial charge in [-0.2, -0.15) is 0 Å². The van der Waals surface area contributed by atoms with Crippen molar-refractivity contribution in [2.75, 3.05) is 6.54 Å². The average molecular weight is 250 g/mol. The molecule has 13 heavy (non-hydrogen) atoms. The molecule has 1 heterocycles. The monoisotopic (exact) mass is 249 g/mol. The van der Waals surface area contributed by atoms with Crippen LogP contribution in [0.3, 0.4) is 0 Å². The van der Waals surface area contributed by atoms with E-state index in [1.165, 1.54) is 0 Å². The van der Waals surface area contributed by atoms with E-state index in [1.54, 1.807) is 4.90 Å². The van der Waals surface area contributed by atoms with Crippen molar-refractivity contribution in [1.29, 1.82) is 0 Å². The molecule has 0 bridgehead atoms. The van der Waals surface area contributed by atoms with Gasteiger partial charge >= 0.3 is 0 Å². The highest BCUT2D eigenvalue weighted by molar-refractivity contribution is 9.10. The SMILES string of the molecule is CCC(Br)C(=O)N1CC(O)CC1C. The second-order valence-electron chi connectivity index (χ2n) is 3.60. The largest absolute Gasteiger partial charge is 0.391 e. The van der Waals surface area contributed by atoms with Gasteiger partial charge in [0.05, 0.1) is 10.9 Å². The highest BCUT2D eigenvalue weighted by Gasteiger charge is 2.33. The number of alkyl halides is 1. The van der Waals surface area contributed by atoms with Crippen LogP contribution in [0, 0.1) is 0 Å². The van der Waals surface area contributed by atoms with Gasteiger partial charge in [0.15, 0.2) is 0 Å². The summed E-state index contributed by atoms with van der Waals surface area (Å²) < 4.78 is 0. The molecule has 1 rings (SSSR count). The molecule has 0 aromatic rings. The molecule has 0 aromatic carbocycles. The lowest BCUT2D eigenvalue weighted by Crippen LogP contribution is -2.39. The van der Waals surface area contributed by atoms with E-state index in [1.807, 2.05) is 13.8 Å². The number of amides is 1. The van der Waals surface area contributed by atoms with Crippen LogP contribution in [0.2, 0.25) is 0 Å². The molecular formula is C9H16BrNO2. The third-order valence-electron chi connectivity index (χ3n) is 2.46. The Kier molecular flexibility index (Phi) is 3.74. The van der Waals surface area contributed by atoms with Crippen LogP contribution in [0.25, 0.3) is 0 Å². The van der Waals surface area contributed by atoms with Gasteiger partial charge in [0.2, 0.25) is 5.91 Å². The molecule has 1 aliphatic rings. The Morgan fingerprint density at radius 2 is 2.38 bits per heavy atom. The number of likely N-dealkylation sites (tertiary alicyclic amines) is 1. The van der Waals surface area contributed by atoms with Crippen molar-refractivity contribution in [3.8, 4) is 0 Å². The topological polar surface area (TPSA) is 40.5 Å². The van der Waals surface area contributed by atoms with Gasteiger partial charge in [-0.15, -0.1) is 0 Å². The van der Waals surface area contributed by atoms with Gasteiger partial charge in [-0.25, -0.2) is 0 Å². The van der Waals surface area contributed by atoms with E-state index < -0.39 is 0 Å². The van der Waals surface area contributed by atoms with Crippen molar-refractivity contribution >= 4 is 21.8 Å². The minimum Gasteiger partial charge on any atom is -0.391 e. The fourth-order valence-electron chi connectivity index (χ4n) is 1.66. The van der Waals surface area contributed by atoms with Crippen molar-refractivity contribution in [2.45, 2.75) is 43.7 Å². The maximum atomic E-state index is 11.7. The molecule has 4 heteroatoms. The lowest BCUT2D eigenvalue weighted by Gasteiger charge is -2.23. The number of carbonyl (C=O) groups is 1. The van der Waals surface area contributed by atoms with Gasteiger partial charge in [-0.1, -0.05) is 22.9 Å². The number of rotatable bonds is 2. The summed E-state index contributed by atoms with van der Waals surface area (Å²) in [4.78, 5) is 13.4. The Morgan fingerprint density at radius 1 is 1.77 bits per heavy atom. The minimum absolute atomic E-state index is 0.0970. The Morgan fingerprint density at radius 3 is 2.77 bits per heavy atom. The first-order valence-electron chi connectivity index (χ1n) is 4.68. The number of carbonyl (C=O) groups excluding carboxylic acids is 1. The molecule has 3 nitrogen and oxygen atoms in total. The summed E-state index contributed by atoms with van der Waals surface area (Å²) in [6, 6.07) is 0.175. The fraction of sp³-hybridized carbons (Fsp3) is 0.889. The molecule has 1 amide bonds. The van der Waals surface area contributed by atoms with Crippen molar-refractivity contribution in [1.82, 2.24) is 4.90 Å². The highest BCUT2D eigenvalue weighted by Crippen LogP contribution is 2.20. The molecule has 1 saturated heterocycles. The van der Waals surface area contributed by atoms with E-state index in [-0.39, 0.29) is 22.9 Å². The van der Waals surface area contributed by atoms with E-state index in [0.717, 1.165) is 6.42 Å². The normalized spacial score (nSPS) is 30.6. The van der Waals surface area contributed by atoms with Gasteiger partial charge in [0, 0.05) is 12.6 Å². The third kappa shape index (κ3) is 2.44. The van der Waals surface area contributed by atoms with E-state index in [0.29, 0.717) is 13.0 Å². The molecule has 0 spiro atoms. The molecule has 0 aliphatic carbocycles. The molecule has 0 aromatic heterocycles. The van der Waals surface area contributed by atoms with Crippen molar-refractivity contribution < 1.29 is 9.90 Å². The zero-order valence-corrected chi connectivity index (χ0v) is 9.62. The molecule has 3 atom stereocenters. The summed E-state index contributed by atoms with van der Waals surface area (Å²) in [5.74, 6) is 0.103. The maximum absolute atomic E-state index is 11.7. The summed E-state index contributed by atoms with van der Waals surface area (Å²) in [6.45, 7) is 4.43. The van der Waals surface area contributed by atoms with Gasteiger partial charge in [0.1, 0.15) is 0 Å². The van der Waals surface area contributed by atoms with E-state index in [9.17, 15) is 9.90 Å². The standard InChI is InChI=1S/C9H16BrNO2/c1-3-8(10)9(13)11-5-7(12)4-6(11)2/h6-8,12H,3-5H2,1-2H3. The second-order valence-corrected chi connectivity index (χ2v) is 4.71. The number of aliphatic hydroxyl groups excluding tert-OH is 1. The molecule has 1 aliphatic heterocycles. The summed E-state index contributed by atoms with van der Waals surface area (Å²) in [5, 5.41) is 9.36. The quantitative estimate of drug-likeness (QED) is 0.746. The molecule has 0 saturated carbocycles. The number of halogens is 1. The van der Waals surface area contributed by atoms with Gasteiger partial charge in [0.25, 0.3) is 0 Å². The number of β-amino-alcohol motifs (C(OH)–C–C–N with tert-alkyl or cyclic N) is 1. The second kappa shape index (κ2) is 4.42. The number of nitrogens with zero attached hydrogens (tertiary/aromatic N) is 1. The number of aliphatic hydroxyl groups is 1. The summed E-state index contributed by atoms with van der Waals surface area (Å²) in [7, 11) is 0. The van der Waals surface area contributed by atoms with Crippen LogP contribution in [0.1, 0.15) is 26.7 Å². The van der Waals surface area contributed by atoms with Crippen LogP contribution in [0.15, 0.2) is 0 Å². The van der Waals surface area contributed by atoms with E-state index in [4.69, 9.17) is 0 Å². The Hall–Kier alpha value is -0.0900. The van der Waals surface area contributed by atoms with Crippen LogP contribution in [-0.4, -0.2) is 39.4 Å². The lowest BCUT2D eigenvalue weighted by atomic mass is 10.2. The van der Waals surface area contributed by atoms with E-state index in [2.05, 4.69) is 15.9 Å². The predicted octanol–water partition coefficient (Wildman–Crippen LogP) is 1.14. The lowest BCUT2D eigenvalue weighted by molar-refractivity contribution is -0.131. The van der Waals surface area contributed by atoms with Crippen LogP contribution in [-0.2, 0) is 4.79 Å². The van der Waals surface area contributed by atoms with Crippen LogP contribution in [0.5, 0.6) is 0 Å². The van der Waals surface area contributed by atoms with Crippen molar-refractivity contribution in [3.05, 3.63) is 0 Å². The first kappa shape index (κ1) is 11.0. The molecular weight excluding hydrogens is 234 g/mol. The molecule has 0 radical (unpaired) electrons. The minimum atomic E-state index is -0.337. The Labute approximate surface area is 87.2 Å². The van der Waals surface area contributed by atoms with Crippen LogP contribution in [0.4, 0.5) is 0 Å². The third-order valence-corrected chi connectivity index (χ3v) is 3.50. The summed E-state index contributed by atoms with van der Waals surface area (Å²) in [6.07, 6.45) is 1.16. The van der Waals surface area contributed by atoms with Crippen LogP contribution < -0.4 is 0 Å². The van der Waals surface area contributed by atoms with Gasteiger partial charge < -0.3 is 10.0 Å². The predicted molar refractivity (Wildman–Crippen MR) is 54.8 cm³/mol. The zero-order chi connectivity index (χ0) is 10.0. The summed E-state index contributed by atoms with van der Waals surface area (Å²) >= 11 is 3.33. The Bertz CT molecular complexity index is 198. The molecule has 1 fully saturated rings.